The van der Waals surface area contributed by atoms with E-state index in [4.69, 9.17) is 0 Å². The van der Waals surface area contributed by atoms with Crippen molar-refractivity contribution in [2.45, 2.75) is 20.8 Å². The molecule has 2 nitrogen and oxygen atoms in total. The molecule has 2 heteroatoms. The van der Waals surface area contributed by atoms with Crippen molar-refractivity contribution in [2.24, 2.45) is 0 Å². The van der Waals surface area contributed by atoms with E-state index in [2.05, 4.69) is 60.6 Å². The highest BCUT2D eigenvalue weighted by Crippen LogP contribution is 2.22. The number of fused-ring (bicyclic) bond motifs is 1. The van der Waals surface area contributed by atoms with Crippen LogP contribution in [0.25, 0.3) is 16.9 Å². The van der Waals surface area contributed by atoms with Gasteiger partial charge in [0, 0.05) is 17.5 Å². The fraction of sp³-hybridized carbons (Fsp3) is 0.188. The predicted molar refractivity (Wildman–Crippen MR) is 74.8 cm³/mol. The zero-order valence-corrected chi connectivity index (χ0v) is 10.9. The van der Waals surface area contributed by atoms with E-state index in [0.29, 0.717) is 0 Å². The van der Waals surface area contributed by atoms with Crippen LogP contribution in [0.1, 0.15) is 16.8 Å². The zero-order chi connectivity index (χ0) is 12.7. The molecule has 0 spiro atoms. The molecule has 0 aliphatic carbocycles. The zero-order valence-electron chi connectivity index (χ0n) is 10.9. The molecule has 0 fully saturated rings. The molecule has 2 aromatic heterocycles. The molecule has 0 aliphatic heterocycles. The van der Waals surface area contributed by atoms with Crippen molar-refractivity contribution in [3.63, 3.8) is 0 Å². The van der Waals surface area contributed by atoms with Crippen LogP contribution in [-0.4, -0.2) is 9.38 Å². The Labute approximate surface area is 107 Å². The number of aryl methyl sites for hydroxylation is 3. The number of hydrogen-bond acceptors (Lipinski definition) is 1. The average Bonchev–Trinajstić information content (AvgIpc) is 2.78. The van der Waals surface area contributed by atoms with Gasteiger partial charge < -0.3 is 4.40 Å². The fourth-order valence-corrected chi connectivity index (χ4v) is 2.19. The van der Waals surface area contributed by atoms with Crippen molar-refractivity contribution < 1.29 is 0 Å². The number of pyridine rings is 1. The summed E-state index contributed by atoms with van der Waals surface area (Å²) in [5.74, 6) is 0. The summed E-state index contributed by atoms with van der Waals surface area (Å²) in [6.07, 6.45) is 2.11. The van der Waals surface area contributed by atoms with Gasteiger partial charge in [0.1, 0.15) is 5.65 Å². The van der Waals surface area contributed by atoms with Crippen LogP contribution >= 0.6 is 0 Å². The summed E-state index contributed by atoms with van der Waals surface area (Å²) in [5.41, 5.74) is 7.05. The molecular weight excluding hydrogens is 220 g/mol. The van der Waals surface area contributed by atoms with Gasteiger partial charge in [-0.05, 0) is 50.1 Å². The lowest BCUT2D eigenvalue weighted by Crippen LogP contribution is -1.86. The molecule has 1 aromatic carbocycles. The summed E-state index contributed by atoms with van der Waals surface area (Å²) < 4.78 is 2.13. The summed E-state index contributed by atoms with van der Waals surface area (Å²) in [6, 6.07) is 12.7. The van der Waals surface area contributed by atoms with Gasteiger partial charge in [-0.25, -0.2) is 4.98 Å². The first kappa shape index (κ1) is 11.0. The second kappa shape index (κ2) is 3.98. The summed E-state index contributed by atoms with van der Waals surface area (Å²) in [6.45, 7) is 6.37. The number of benzene rings is 1. The molecule has 0 N–H and O–H groups in total. The second-order valence-electron chi connectivity index (χ2n) is 4.82. The van der Waals surface area contributed by atoms with E-state index < -0.39 is 0 Å². The van der Waals surface area contributed by atoms with Gasteiger partial charge in [-0.3, -0.25) is 0 Å². The van der Waals surface area contributed by atoms with Gasteiger partial charge in [0.2, 0.25) is 0 Å². The monoisotopic (exact) mass is 236 g/mol. The maximum absolute atomic E-state index is 4.68. The van der Waals surface area contributed by atoms with Crippen LogP contribution in [0.15, 0.2) is 42.6 Å². The van der Waals surface area contributed by atoms with E-state index in [0.717, 1.165) is 11.3 Å². The van der Waals surface area contributed by atoms with Crippen LogP contribution in [0.2, 0.25) is 0 Å². The molecule has 0 amide bonds. The molecule has 2 heterocycles. The van der Waals surface area contributed by atoms with E-state index in [9.17, 15) is 0 Å². The van der Waals surface area contributed by atoms with E-state index >= 15 is 0 Å². The van der Waals surface area contributed by atoms with Crippen LogP contribution < -0.4 is 0 Å². The highest BCUT2D eigenvalue weighted by Gasteiger charge is 2.06. The summed E-state index contributed by atoms with van der Waals surface area (Å²) >= 11 is 0. The Balaban J connectivity index is 2.19. The lowest BCUT2D eigenvalue weighted by atomic mass is 10.1. The standard InChI is InChI=1S/C16H16N2/c1-11-7-8-14(9-12(11)2)15-10-18-13(3)5-4-6-16(18)17-15/h4-10H,1-3H3. The number of rotatable bonds is 1. The number of nitrogens with zero attached hydrogens (tertiary/aromatic N) is 2. The van der Waals surface area contributed by atoms with Gasteiger partial charge in [0.15, 0.2) is 0 Å². The van der Waals surface area contributed by atoms with Gasteiger partial charge in [0.25, 0.3) is 0 Å². The summed E-state index contributed by atoms with van der Waals surface area (Å²) in [5, 5.41) is 0. The number of aromatic nitrogens is 2. The first-order chi connectivity index (χ1) is 8.65. The molecule has 0 bridgehead atoms. The first-order valence-corrected chi connectivity index (χ1v) is 6.17. The molecule has 0 radical (unpaired) electrons. The summed E-state index contributed by atoms with van der Waals surface area (Å²) in [4.78, 5) is 4.68. The molecule has 90 valence electrons. The lowest BCUT2D eigenvalue weighted by molar-refractivity contribution is 1.09. The Hall–Kier alpha value is -2.09. The normalized spacial score (nSPS) is 11.1. The quantitative estimate of drug-likeness (QED) is 0.626. The largest absolute Gasteiger partial charge is 0.304 e. The molecule has 3 aromatic rings. The molecule has 0 saturated heterocycles. The van der Waals surface area contributed by atoms with E-state index in [1.54, 1.807) is 0 Å². The van der Waals surface area contributed by atoms with Crippen molar-refractivity contribution in [3.8, 4) is 11.3 Å². The molecule has 0 saturated carbocycles. The van der Waals surface area contributed by atoms with Gasteiger partial charge in [0.05, 0.1) is 5.69 Å². The predicted octanol–water partition coefficient (Wildman–Crippen LogP) is 3.93. The maximum atomic E-state index is 4.68. The minimum absolute atomic E-state index is 1.00. The molecule has 18 heavy (non-hydrogen) atoms. The molecule has 0 aliphatic rings. The van der Waals surface area contributed by atoms with Gasteiger partial charge in [-0.2, -0.15) is 0 Å². The van der Waals surface area contributed by atoms with E-state index in [1.165, 1.54) is 22.4 Å². The highest BCUT2D eigenvalue weighted by atomic mass is 15.0. The first-order valence-electron chi connectivity index (χ1n) is 6.17. The van der Waals surface area contributed by atoms with Crippen molar-refractivity contribution in [1.29, 1.82) is 0 Å². The minimum atomic E-state index is 1.00. The fourth-order valence-electron chi connectivity index (χ4n) is 2.19. The van der Waals surface area contributed by atoms with Crippen molar-refractivity contribution in [1.82, 2.24) is 9.38 Å². The Morgan fingerprint density at radius 2 is 1.78 bits per heavy atom. The summed E-state index contributed by atoms with van der Waals surface area (Å²) in [7, 11) is 0. The minimum Gasteiger partial charge on any atom is -0.304 e. The second-order valence-corrected chi connectivity index (χ2v) is 4.82. The number of hydrogen-bond donors (Lipinski definition) is 0. The van der Waals surface area contributed by atoms with E-state index in [1.807, 2.05) is 12.1 Å². The van der Waals surface area contributed by atoms with Crippen molar-refractivity contribution >= 4 is 5.65 Å². The number of imidazole rings is 1. The molecule has 0 atom stereocenters. The van der Waals surface area contributed by atoms with E-state index in [-0.39, 0.29) is 0 Å². The van der Waals surface area contributed by atoms with Crippen molar-refractivity contribution in [2.75, 3.05) is 0 Å². The van der Waals surface area contributed by atoms with Crippen LogP contribution in [0.4, 0.5) is 0 Å². The van der Waals surface area contributed by atoms with Crippen LogP contribution in [0.5, 0.6) is 0 Å². The van der Waals surface area contributed by atoms with Crippen LogP contribution in [0.3, 0.4) is 0 Å². The Morgan fingerprint density at radius 3 is 2.50 bits per heavy atom. The van der Waals surface area contributed by atoms with Crippen LogP contribution in [0, 0.1) is 20.8 Å². The topological polar surface area (TPSA) is 17.3 Å². The average molecular weight is 236 g/mol. The Morgan fingerprint density at radius 1 is 0.944 bits per heavy atom. The van der Waals surface area contributed by atoms with Crippen LogP contribution in [-0.2, 0) is 0 Å². The SMILES string of the molecule is Cc1ccc(-c2cn3c(C)cccc3n2)cc1C. The Bertz CT molecular complexity index is 723. The van der Waals surface area contributed by atoms with Gasteiger partial charge in [-0.1, -0.05) is 18.2 Å². The van der Waals surface area contributed by atoms with Gasteiger partial charge in [-0.15, -0.1) is 0 Å². The highest BCUT2D eigenvalue weighted by molar-refractivity contribution is 5.64. The lowest BCUT2D eigenvalue weighted by Gasteiger charge is -2.01. The maximum Gasteiger partial charge on any atom is 0.137 e. The van der Waals surface area contributed by atoms with Gasteiger partial charge >= 0.3 is 0 Å². The molecular formula is C16H16N2. The third-order valence-corrected chi connectivity index (χ3v) is 3.50. The Kier molecular flexibility index (Phi) is 2.44. The molecule has 3 rings (SSSR count). The third-order valence-electron chi connectivity index (χ3n) is 3.50. The molecule has 0 unspecified atom stereocenters. The van der Waals surface area contributed by atoms with Crippen molar-refractivity contribution in [3.05, 3.63) is 59.4 Å². The smallest absolute Gasteiger partial charge is 0.137 e. The third kappa shape index (κ3) is 1.70.